The molecule has 1 rings (SSSR count). The smallest absolute Gasteiger partial charge is 0.317 e. The molecule has 2 N–H and O–H groups in total. The van der Waals surface area contributed by atoms with Gasteiger partial charge in [0, 0.05) is 26.2 Å². The van der Waals surface area contributed by atoms with Gasteiger partial charge < -0.3 is 15.5 Å². The Hall–Kier alpha value is -0.770. The third kappa shape index (κ3) is 3.63. The maximum Gasteiger partial charge on any atom is 0.317 e. The van der Waals surface area contributed by atoms with Crippen molar-refractivity contribution in [2.75, 3.05) is 33.2 Å². The maximum absolute atomic E-state index is 11.5. The number of rotatable bonds is 3. The molecule has 13 heavy (non-hydrogen) atoms. The normalized spacial score (nSPS) is 17.2. The molecule has 0 saturated carbocycles. The van der Waals surface area contributed by atoms with Crippen LogP contribution in [0.15, 0.2) is 0 Å². The summed E-state index contributed by atoms with van der Waals surface area (Å²) >= 11 is 0. The number of likely N-dealkylation sites (tertiary alicyclic amines) is 1. The molecule has 1 aliphatic heterocycles. The van der Waals surface area contributed by atoms with Crippen LogP contribution in [0.25, 0.3) is 0 Å². The standard InChI is InChI=1S/C9H19N3O/c1-10-5-6-11-9(13)12-7-3-2-4-8-12/h10H,2-8H2,1H3,(H,11,13). The summed E-state index contributed by atoms with van der Waals surface area (Å²) in [7, 11) is 1.88. The van der Waals surface area contributed by atoms with E-state index in [4.69, 9.17) is 0 Å². The van der Waals surface area contributed by atoms with E-state index in [9.17, 15) is 4.79 Å². The van der Waals surface area contributed by atoms with Gasteiger partial charge in [0.05, 0.1) is 0 Å². The van der Waals surface area contributed by atoms with Crippen LogP contribution in [0.5, 0.6) is 0 Å². The number of amides is 2. The lowest BCUT2D eigenvalue weighted by atomic mass is 10.1. The molecule has 1 heterocycles. The third-order valence-corrected chi connectivity index (χ3v) is 2.29. The fourth-order valence-corrected chi connectivity index (χ4v) is 1.50. The number of hydrogen-bond donors (Lipinski definition) is 2. The number of nitrogens with zero attached hydrogens (tertiary/aromatic N) is 1. The van der Waals surface area contributed by atoms with E-state index in [0.717, 1.165) is 32.5 Å². The van der Waals surface area contributed by atoms with Gasteiger partial charge in [-0.1, -0.05) is 0 Å². The number of nitrogens with one attached hydrogen (secondary N) is 2. The van der Waals surface area contributed by atoms with E-state index < -0.39 is 0 Å². The van der Waals surface area contributed by atoms with Crippen molar-refractivity contribution in [2.24, 2.45) is 0 Å². The number of carbonyl (C=O) groups excluding carboxylic acids is 1. The summed E-state index contributed by atoms with van der Waals surface area (Å²) in [4.78, 5) is 13.4. The summed E-state index contributed by atoms with van der Waals surface area (Å²) in [6.45, 7) is 3.39. The Bertz CT molecular complexity index is 155. The van der Waals surface area contributed by atoms with Gasteiger partial charge >= 0.3 is 6.03 Å². The van der Waals surface area contributed by atoms with Crippen LogP contribution in [0.4, 0.5) is 4.79 Å². The number of urea groups is 1. The predicted molar refractivity (Wildman–Crippen MR) is 52.7 cm³/mol. The summed E-state index contributed by atoms with van der Waals surface area (Å²) in [6, 6.07) is 0.0925. The summed E-state index contributed by atoms with van der Waals surface area (Å²) in [5.74, 6) is 0. The van der Waals surface area contributed by atoms with Crippen LogP contribution in [0.2, 0.25) is 0 Å². The lowest BCUT2D eigenvalue weighted by Crippen LogP contribution is -2.44. The molecule has 4 heteroatoms. The molecule has 76 valence electrons. The molecule has 0 bridgehead atoms. The lowest BCUT2D eigenvalue weighted by molar-refractivity contribution is 0.186. The average molecular weight is 185 g/mol. The van der Waals surface area contributed by atoms with Crippen molar-refractivity contribution in [1.82, 2.24) is 15.5 Å². The SMILES string of the molecule is CNCCNC(=O)N1CCCCC1. The topological polar surface area (TPSA) is 44.4 Å². The minimum atomic E-state index is 0.0925. The number of likely N-dealkylation sites (N-methyl/N-ethyl adjacent to an activating group) is 1. The van der Waals surface area contributed by atoms with Gasteiger partial charge in [-0.15, -0.1) is 0 Å². The van der Waals surface area contributed by atoms with Gasteiger partial charge in [0.25, 0.3) is 0 Å². The first-order chi connectivity index (χ1) is 6.34. The maximum atomic E-state index is 11.5. The molecule has 2 amide bonds. The largest absolute Gasteiger partial charge is 0.337 e. The Morgan fingerprint density at radius 3 is 2.54 bits per heavy atom. The zero-order valence-corrected chi connectivity index (χ0v) is 8.31. The second-order valence-electron chi connectivity index (χ2n) is 3.38. The molecule has 0 aromatic carbocycles. The fourth-order valence-electron chi connectivity index (χ4n) is 1.50. The molecule has 0 aromatic heterocycles. The predicted octanol–water partition coefficient (Wildman–Crippen LogP) is 0.401. The Morgan fingerprint density at radius 1 is 1.23 bits per heavy atom. The van der Waals surface area contributed by atoms with Gasteiger partial charge in [0.2, 0.25) is 0 Å². The minimum absolute atomic E-state index is 0.0925. The van der Waals surface area contributed by atoms with E-state index in [0.29, 0.717) is 6.54 Å². The van der Waals surface area contributed by atoms with E-state index in [1.807, 2.05) is 11.9 Å². The van der Waals surface area contributed by atoms with Gasteiger partial charge in [-0.25, -0.2) is 4.79 Å². The third-order valence-electron chi connectivity index (χ3n) is 2.29. The Balaban J connectivity index is 2.13. The van der Waals surface area contributed by atoms with Gasteiger partial charge in [-0.2, -0.15) is 0 Å². The average Bonchev–Trinajstić information content (AvgIpc) is 2.19. The van der Waals surface area contributed by atoms with Crippen molar-refractivity contribution in [1.29, 1.82) is 0 Å². The molecule has 0 atom stereocenters. The molecule has 0 unspecified atom stereocenters. The Kier molecular flexibility index (Phi) is 4.60. The zero-order chi connectivity index (χ0) is 9.52. The van der Waals surface area contributed by atoms with Crippen LogP contribution < -0.4 is 10.6 Å². The lowest BCUT2D eigenvalue weighted by Gasteiger charge is -2.26. The highest BCUT2D eigenvalue weighted by molar-refractivity contribution is 5.74. The van der Waals surface area contributed by atoms with E-state index in [-0.39, 0.29) is 6.03 Å². The molecule has 0 spiro atoms. The Morgan fingerprint density at radius 2 is 1.92 bits per heavy atom. The molecule has 1 fully saturated rings. The van der Waals surface area contributed by atoms with Crippen LogP contribution in [-0.2, 0) is 0 Å². The van der Waals surface area contributed by atoms with Crippen molar-refractivity contribution >= 4 is 6.03 Å². The highest BCUT2D eigenvalue weighted by atomic mass is 16.2. The number of piperidine rings is 1. The second-order valence-corrected chi connectivity index (χ2v) is 3.38. The molecular weight excluding hydrogens is 166 g/mol. The van der Waals surface area contributed by atoms with E-state index in [1.165, 1.54) is 6.42 Å². The first-order valence-corrected chi connectivity index (χ1v) is 5.02. The highest BCUT2D eigenvalue weighted by Gasteiger charge is 2.14. The van der Waals surface area contributed by atoms with E-state index >= 15 is 0 Å². The van der Waals surface area contributed by atoms with Crippen LogP contribution in [-0.4, -0.2) is 44.2 Å². The van der Waals surface area contributed by atoms with Crippen LogP contribution in [0, 0.1) is 0 Å². The quantitative estimate of drug-likeness (QED) is 0.625. The van der Waals surface area contributed by atoms with Crippen LogP contribution >= 0.6 is 0 Å². The summed E-state index contributed by atoms with van der Waals surface area (Å²) in [5.41, 5.74) is 0. The zero-order valence-electron chi connectivity index (χ0n) is 8.31. The molecule has 1 aliphatic rings. The second kappa shape index (κ2) is 5.80. The monoisotopic (exact) mass is 185 g/mol. The molecule has 1 saturated heterocycles. The molecule has 0 aromatic rings. The van der Waals surface area contributed by atoms with Crippen molar-refractivity contribution in [2.45, 2.75) is 19.3 Å². The van der Waals surface area contributed by atoms with Gasteiger partial charge in [0.15, 0.2) is 0 Å². The first kappa shape index (κ1) is 10.3. The number of carbonyl (C=O) groups is 1. The van der Waals surface area contributed by atoms with E-state index in [1.54, 1.807) is 0 Å². The van der Waals surface area contributed by atoms with E-state index in [2.05, 4.69) is 10.6 Å². The summed E-state index contributed by atoms with van der Waals surface area (Å²) < 4.78 is 0. The van der Waals surface area contributed by atoms with Crippen molar-refractivity contribution < 1.29 is 4.79 Å². The van der Waals surface area contributed by atoms with Crippen molar-refractivity contribution in [3.05, 3.63) is 0 Å². The van der Waals surface area contributed by atoms with Crippen molar-refractivity contribution in [3.63, 3.8) is 0 Å². The molecule has 4 nitrogen and oxygen atoms in total. The van der Waals surface area contributed by atoms with Gasteiger partial charge in [-0.3, -0.25) is 0 Å². The summed E-state index contributed by atoms with van der Waals surface area (Å²) in [5, 5.41) is 5.87. The highest BCUT2D eigenvalue weighted by Crippen LogP contribution is 2.07. The van der Waals surface area contributed by atoms with Crippen molar-refractivity contribution in [3.8, 4) is 0 Å². The molecule has 0 aliphatic carbocycles. The first-order valence-electron chi connectivity index (χ1n) is 5.02. The number of hydrogen-bond acceptors (Lipinski definition) is 2. The van der Waals surface area contributed by atoms with Gasteiger partial charge in [0.1, 0.15) is 0 Å². The molecule has 0 radical (unpaired) electrons. The van der Waals surface area contributed by atoms with Gasteiger partial charge in [-0.05, 0) is 26.3 Å². The fraction of sp³-hybridized carbons (Fsp3) is 0.889. The molecular formula is C9H19N3O. The van der Waals surface area contributed by atoms with Crippen LogP contribution in [0.1, 0.15) is 19.3 Å². The summed E-state index contributed by atoms with van der Waals surface area (Å²) in [6.07, 6.45) is 3.57. The minimum Gasteiger partial charge on any atom is -0.337 e. The Labute approximate surface area is 79.7 Å². The van der Waals surface area contributed by atoms with Crippen LogP contribution in [0.3, 0.4) is 0 Å².